The number of alkyl halides is 6. The molecule has 1 aromatic carbocycles. The van der Waals surface area contributed by atoms with Crippen LogP contribution in [-0.4, -0.2) is 87.0 Å². The Morgan fingerprint density at radius 1 is 0.889 bits per heavy atom. The van der Waals surface area contributed by atoms with Gasteiger partial charge in [-0.3, -0.25) is 4.90 Å². The third-order valence-corrected chi connectivity index (χ3v) is 5.23. The van der Waals surface area contributed by atoms with Crippen LogP contribution >= 0.6 is 0 Å². The van der Waals surface area contributed by atoms with Crippen LogP contribution in [0.5, 0.6) is 0 Å². The Labute approximate surface area is 202 Å². The fraction of sp³-hybridized carbons (Fsp3) is 0.500. The number of nitrogens with one attached hydrogen (secondary N) is 1. The van der Waals surface area contributed by atoms with Gasteiger partial charge in [-0.2, -0.15) is 26.3 Å². The smallest absolute Gasteiger partial charge is 0.475 e. The van der Waals surface area contributed by atoms with Gasteiger partial charge in [0.25, 0.3) is 0 Å². The van der Waals surface area contributed by atoms with E-state index in [1.807, 2.05) is 12.3 Å². The quantitative estimate of drug-likeness (QED) is 0.510. The van der Waals surface area contributed by atoms with Crippen molar-refractivity contribution in [2.45, 2.75) is 31.7 Å². The number of aromatic amines is 1. The van der Waals surface area contributed by atoms with Gasteiger partial charge in [-0.25, -0.2) is 14.6 Å². The molecular formula is C22H26F6N4O4. The predicted molar refractivity (Wildman–Crippen MR) is 116 cm³/mol. The largest absolute Gasteiger partial charge is 0.490 e. The van der Waals surface area contributed by atoms with Gasteiger partial charge < -0.3 is 20.1 Å². The Morgan fingerprint density at radius 2 is 1.36 bits per heavy atom. The lowest BCUT2D eigenvalue weighted by atomic mass is 10.2. The molecule has 2 aromatic rings. The maximum absolute atomic E-state index is 10.6. The SMILES string of the molecule is O=C(O)C(F)(F)F.O=C(O)C(F)(F)F.c1ccc(-c2ncc(CN3CCN(CC4CC4)CC3)[nH]2)cc1. The predicted octanol–water partition coefficient (Wildman–Crippen LogP) is 3.87. The van der Waals surface area contributed by atoms with Gasteiger partial charge >= 0.3 is 24.3 Å². The number of carbonyl (C=O) groups is 2. The van der Waals surface area contributed by atoms with E-state index in [1.54, 1.807) is 0 Å². The molecular weight excluding hydrogens is 498 g/mol. The lowest BCUT2D eigenvalue weighted by molar-refractivity contribution is -0.193. The minimum absolute atomic E-state index is 0.975. The minimum atomic E-state index is -5.08. The molecule has 0 atom stereocenters. The molecule has 2 aliphatic rings. The Hall–Kier alpha value is -3.13. The summed E-state index contributed by atoms with van der Waals surface area (Å²) in [6.45, 7) is 7.10. The van der Waals surface area contributed by atoms with E-state index < -0.39 is 24.3 Å². The van der Waals surface area contributed by atoms with Gasteiger partial charge in [0, 0.05) is 56.7 Å². The number of hydrogen-bond acceptors (Lipinski definition) is 5. The average Bonchev–Trinajstić information content (AvgIpc) is 3.50. The molecule has 1 aromatic heterocycles. The minimum Gasteiger partial charge on any atom is -0.475 e. The first-order valence-corrected chi connectivity index (χ1v) is 10.9. The number of H-pyrrole nitrogens is 1. The van der Waals surface area contributed by atoms with Crippen molar-refractivity contribution in [2.24, 2.45) is 5.92 Å². The summed E-state index contributed by atoms with van der Waals surface area (Å²) in [6.07, 6.45) is -5.27. The lowest BCUT2D eigenvalue weighted by Gasteiger charge is -2.34. The maximum Gasteiger partial charge on any atom is 0.490 e. The number of rotatable bonds is 5. The van der Waals surface area contributed by atoms with E-state index >= 15 is 0 Å². The third-order valence-electron chi connectivity index (χ3n) is 5.23. The van der Waals surface area contributed by atoms with Crippen molar-refractivity contribution >= 4 is 11.9 Å². The number of imidazole rings is 1. The van der Waals surface area contributed by atoms with Crippen molar-refractivity contribution in [3.8, 4) is 11.4 Å². The lowest BCUT2D eigenvalue weighted by Crippen LogP contribution is -2.46. The number of nitrogens with zero attached hydrogens (tertiary/aromatic N) is 3. The third kappa shape index (κ3) is 10.6. The van der Waals surface area contributed by atoms with E-state index in [-0.39, 0.29) is 0 Å². The average molecular weight is 524 g/mol. The number of aromatic nitrogens is 2. The van der Waals surface area contributed by atoms with Crippen LogP contribution in [0.15, 0.2) is 36.5 Å². The molecule has 8 nitrogen and oxygen atoms in total. The molecule has 2 heterocycles. The van der Waals surface area contributed by atoms with Crippen LogP contribution < -0.4 is 0 Å². The molecule has 1 aliphatic heterocycles. The summed E-state index contributed by atoms with van der Waals surface area (Å²) in [5, 5.41) is 14.2. The van der Waals surface area contributed by atoms with Crippen molar-refractivity contribution in [3.63, 3.8) is 0 Å². The van der Waals surface area contributed by atoms with E-state index in [1.165, 1.54) is 51.3 Å². The number of piperazine rings is 1. The summed E-state index contributed by atoms with van der Waals surface area (Å²) < 4.78 is 63.5. The van der Waals surface area contributed by atoms with Gasteiger partial charge in [0.1, 0.15) is 5.82 Å². The molecule has 0 amide bonds. The number of benzene rings is 1. The second kappa shape index (κ2) is 12.7. The number of aliphatic carboxylic acids is 2. The zero-order valence-electron chi connectivity index (χ0n) is 19.0. The van der Waals surface area contributed by atoms with E-state index in [2.05, 4.69) is 44.0 Å². The standard InChI is InChI=1S/C18H24N4.2C2HF3O2/c1-2-4-16(5-3-1)18-19-12-17(20-18)14-22-10-8-21(9-11-22)13-15-6-7-15;2*3-2(4,5)1(6)7/h1-5,12,15H,6-11,13-14H2,(H,19,20);2*(H,6,7). The Morgan fingerprint density at radius 3 is 1.81 bits per heavy atom. The van der Waals surface area contributed by atoms with Crippen LogP contribution in [-0.2, 0) is 16.1 Å². The fourth-order valence-corrected chi connectivity index (χ4v) is 3.22. The fourth-order valence-electron chi connectivity index (χ4n) is 3.22. The molecule has 1 saturated carbocycles. The normalized spacial score (nSPS) is 16.8. The summed E-state index contributed by atoms with van der Waals surface area (Å²) in [5.74, 6) is -3.53. The molecule has 0 spiro atoms. The first-order chi connectivity index (χ1) is 16.8. The molecule has 0 bridgehead atoms. The van der Waals surface area contributed by atoms with Crippen LogP contribution in [0.2, 0.25) is 0 Å². The monoisotopic (exact) mass is 524 g/mol. The summed E-state index contributed by atoms with van der Waals surface area (Å²) in [4.78, 5) is 30.9. The first kappa shape index (κ1) is 29.1. The van der Waals surface area contributed by atoms with Crippen molar-refractivity contribution in [3.05, 3.63) is 42.2 Å². The van der Waals surface area contributed by atoms with E-state index in [0.29, 0.717) is 0 Å². The van der Waals surface area contributed by atoms with Crippen molar-refractivity contribution in [1.82, 2.24) is 19.8 Å². The van der Waals surface area contributed by atoms with Crippen LogP contribution in [0.4, 0.5) is 26.3 Å². The molecule has 1 aliphatic carbocycles. The summed E-state index contributed by atoms with van der Waals surface area (Å²) in [6, 6.07) is 10.3. The summed E-state index contributed by atoms with van der Waals surface area (Å²) >= 11 is 0. The van der Waals surface area contributed by atoms with Gasteiger partial charge in [0.15, 0.2) is 0 Å². The molecule has 0 radical (unpaired) electrons. The molecule has 0 unspecified atom stereocenters. The molecule has 14 heteroatoms. The summed E-state index contributed by atoms with van der Waals surface area (Å²) in [5.41, 5.74) is 2.37. The Balaban J connectivity index is 0.000000271. The van der Waals surface area contributed by atoms with Crippen molar-refractivity contribution in [2.75, 3.05) is 32.7 Å². The van der Waals surface area contributed by atoms with E-state index in [0.717, 1.165) is 23.9 Å². The van der Waals surface area contributed by atoms with Crippen LogP contribution in [0.25, 0.3) is 11.4 Å². The van der Waals surface area contributed by atoms with Crippen molar-refractivity contribution < 1.29 is 46.1 Å². The van der Waals surface area contributed by atoms with Gasteiger partial charge in [-0.15, -0.1) is 0 Å². The van der Waals surface area contributed by atoms with Gasteiger partial charge in [0.05, 0.1) is 0 Å². The Bertz CT molecular complexity index is 945. The van der Waals surface area contributed by atoms with Gasteiger partial charge in [0.2, 0.25) is 0 Å². The highest BCUT2D eigenvalue weighted by atomic mass is 19.4. The zero-order valence-corrected chi connectivity index (χ0v) is 19.0. The van der Waals surface area contributed by atoms with Gasteiger partial charge in [-0.05, 0) is 18.8 Å². The summed E-state index contributed by atoms with van der Waals surface area (Å²) in [7, 11) is 0. The highest BCUT2D eigenvalue weighted by molar-refractivity contribution is 5.73. The first-order valence-electron chi connectivity index (χ1n) is 10.9. The van der Waals surface area contributed by atoms with Crippen LogP contribution in [0, 0.1) is 5.92 Å². The molecule has 4 rings (SSSR count). The molecule has 3 N–H and O–H groups in total. The van der Waals surface area contributed by atoms with Crippen molar-refractivity contribution in [1.29, 1.82) is 0 Å². The van der Waals surface area contributed by atoms with E-state index in [9.17, 15) is 26.3 Å². The molecule has 2 fully saturated rings. The number of carboxylic acids is 2. The van der Waals surface area contributed by atoms with E-state index in [4.69, 9.17) is 19.8 Å². The highest BCUT2D eigenvalue weighted by Gasteiger charge is 2.38. The second-order valence-electron chi connectivity index (χ2n) is 8.25. The van der Waals surface area contributed by atoms with Gasteiger partial charge in [-0.1, -0.05) is 30.3 Å². The topological polar surface area (TPSA) is 110 Å². The number of hydrogen-bond donors (Lipinski definition) is 3. The van der Waals surface area contributed by atoms with Crippen LogP contribution in [0.3, 0.4) is 0 Å². The zero-order chi connectivity index (χ0) is 26.9. The number of carboxylic acid groups (broad SMARTS) is 2. The molecule has 200 valence electrons. The second-order valence-corrected chi connectivity index (χ2v) is 8.25. The maximum atomic E-state index is 10.6. The Kier molecular flexibility index (Phi) is 10.3. The van der Waals surface area contributed by atoms with Crippen LogP contribution in [0.1, 0.15) is 18.5 Å². The molecule has 36 heavy (non-hydrogen) atoms. The molecule has 1 saturated heterocycles. The number of halogens is 6. The highest BCUT2D eigenvalue weighted by Crippen LogP contribution is 2.30.